The number of rotatable bonds is 4. The summed E-state index contributed by atoms with van der Waals surface area (Å²) in [5.74, 6) is 0.812. The first-order valence-corrected chi connectivity index (χ1v) is 7.40. The maximum atomic E-state index is 12.6. The van der Waals surface area contributed by atoms with Gasteiger partial charge in [-0.1, -0.05) is 0 Å². The van der Waals surface area contributed by atoms with Crippen LogP contribution in [-0.4, -0.2) is 50.7 Å². The summed E-state index contributed by atoms with van der Waals surface area (Å²) in [6.45, 7) is 1.10. The fourth-order valence-electron chi connectivity index (χ4n) is 2.89. The number of anilines is 1. The van der Waals surface area contributed by atoms with Crippen molar-refractivity contribution in [1.82, 2.24) is 24.6 Å². The summed E-state index contributed by atoms with van der Waals surface area (Å²) < 4.78 is 1.78. The Kier molecular flexibility index (Phi) is 4.04. The zero-order chi connectivity index (χ0) is 15.5. The molecule has 3 heterocycles. The standard InChI is InChI=1S/C15H20N6O/c1-19(14-9-16-5-6-17-14)11-15(22)21-7-3-4-13(21)12-8-18-20(2)10-12/h5-6,8-10,13H,3-4,7,11H2,1-2H3/t13-/m1/s1. The molecule has 116 valence electrons. The van der Waals surface area contributed by atoms with Gasteiger partial charge in [-0.2, -0.15) is 5.10 Å². The lowest BCUT2D eigenvalue weighted by atomic mass is 10.1. The molecule has 0 aliphatic carbocycles. The van der Waals surface area contributed by atoms with Gasteiger partial charge in [0.05, 0.1) is 25.0 Å². The summed E-state index contributed by atoms with van der Waals surface area (Å²) in [6.07, 6.45) is 10.8. The molecule has 0 N–H and O–H groups in total. The van der Waals surface area contributed by atoms with E-state index in [2.05, 4.69) is 15.1 Å². The zero-order valence-corrected chi connectivity index (χ0v) is 12.9. The van der Waals surface area contributed by atoms with Crippen LogP contribution in [0.25, 0.3) is 0 Å². The molecule has 1 aliphatic heterocycles. The molecule has 1 fully saturated rings. The monoisotopic (exact) mass is 300 g/mol. The van der Waals surface area contributed by atoms with Crippen molar-refractivity contribution in [3.05, 3.63) is 36.5 Å². The topological polar surface area (TPSA) is 67.2 Å². The Balaban J connectivity index is 1.69. The fraction of sp³-hybridized carbons (Fsp3) is 0.467. The first-order valence-electron chi connectivity index (χ1n) is 7.40. The largest absolute Gasteiger partial charge is 0.349 e. The van der Waals surface area contributed by atoms with Crippen LogP contribution in [0.4, 0.5) is 5.82 Å². The molecular weight excluding hydrogens is 280 g/mol. The summed E-state index contributed by atoms with van der Waals surface area (Å²) >= 11 is 0. The van der Waals surface area contributed by atoms with Crippen molar-refractivity contribution in [1.29, 1.82) is 0 Å². The van der Waals surface area contributed by atoms with Crippen LogP contribution in [-0.2, 0) is 11.8 Å². The van der Waals surface area contributed by atoms with E-state index in [0.29, 0.717) is 12.4 Å². The van der Waals surface area contributed by atoms with E-state index in [1.54, 1.807) is 23.3 Å². The molecule has 0 saturated carbocycles. The minimum Gasteiger partial charge on any atom is -0.349 e. The van der Waals surface area contributed by atoms with Crippen molar-refractivity contribution in [2.75, 3.05) is 25.0 Å². The number of carbonyl (C=O) groups excluding carboxylic acids is 1. The second-order valence-corrected chi connectivity index (χ2v) is 5.61. The van der Waals surface area contributed by atoms with Crippen molar-refractivity contribution >= 4 is 11.7 Å². The minimum atomic E-state index is 0.111. The summed E-state index contributed by atoms with van der Waals surface area (Å²) in [5.41, 5.74) is 1.11. The third kappa shape index (κ3) is 2.93. The van der Waals surface area contributed by atoms with Crippen LogP contribution in [0.2, 0.25) is 0 Å². The van der Waals surface area contributed by atoms with Gasteiger partial charge in [0.25, 0.3) is 0 Å². The normalized spacial score (nSPS) is 17.7. The van der Waals surface area contributed by atoms with Gasteiger partial charge in [0.2, 0.25) is 5.91 Å². The Hall–Kier alpha value is -2.44. The van der Waals surface area contributed by atoms with Crippen molar-refractivity contribution in [3.63, 3.8) is 0 Å². The Morgan fingerprint density at radius 2 is 2.27 bits per heavy atom. The first-order chi connectivity index (χ1) is 10.6. The Morgan fingerprint density at radius 3 is 2.95 bits per heavy atom. The number of aromatic nitrogens is 4. The lowest BCUT2D eigenvalue weighted by Crippen LogP contribution is -2.38. The number of hydrogen-bond acceptors (Lipinski definition) is 5. The Bertz CT molecular complexity index is 640. The first kappa shape index (κ1) is 14.5. The zero-order valence-electron chi connectivity index (χ0n) is 12.9. The molecule has 0 unspecified atom stereocenters. The molecule has 2 aromatic heterocycles. The van der Waals surface area contributed by atoms with Crippen molar-refractivity contribution in [2.45, 2.75) is 18.9 Å². The third-order valence-electron chi connectivity index (χ3n) is 4.00. The number of likely N-dealkylation sites (N-methyl/N-ethyl adjacent to an activating group) is 1. The highest BCUT2D eigenvalue weighted by atomic mass is 16.2. The smallest absolute Gasteiger partial charge is 0.242 e. The molecule has 2 aromatic rings. The maximum absolute atomic E-state index is 12.6. The SMILES string of the molecule is CN(CC(=O)N1CCC[C@@H]1c1cnn(C)c1)c1cnccn1. The van der Waals surface area contributed by atoms with Gasteiger partial charge in [0.15, 0.2) is 0 Å². The van der Waals surface area contributed by atoms with Gasteiger partial charge in [-0.3, -0.25) is 14.5 Å². The number of hydrogen-bond donors (Lipinski definition) is 0. The molecule has 0 aromatic carbocycles. The molecular formula is C15H20N6O. The molecule has 1 aliphatic rings. The number of carbonyl (C=O) groups is 1. The fourth-order valence-corrected chi connectivity index (χ4v) is 2.89. The van der Waals surface area contributed by atoms with Crippen LogP contribution in [0.5, 0.6) is 0 Å². The van der Waals surface area contributed by atoms with Crippen molar-refractivity contribution < 1.29 is 4.79 Å². The number of likely N-dealkylation sites (tertiary alicyclic amines) is 1. The molecule has 0 spiro atoms. The van der Waals surface area contributed by atoms with Gasteiger partial charge in [-0.05, 0) is 12.8 Å². The quantitative estimate of drug-likeness (QED) is 0.843. The van der Waals surface area contributed by atoms with Crippen molar-refractivity contribution in [2.24, 2.45) is 7.05 Å². The molecule has 3 rings (SSSR count). The maximum Gasteiger partial charge on any atom is 0.242 e. The van der Waals surface area contributed by atoms with E-state index in [4.69, 9.17) is 0 Å². The van der Waals surface area contributed by atoms with E-state index in [1.165, 1.54) is 0 Å². The van der Waals surface area contributed by atoms with Gasteiger partial charge in [0, 0.05) is 44.8 Å². The van der Waals surface area contributed by atoms with Crippen LogP contribution in [0.3, 0.4) is 0 Å². The molecule has 7 heteroatoms. The lowest BCUT2D eigenvalue weighted by Gasteiger charge is -2.26. The van der Waals surface area contributed by atoms with E-state index >= 15 is 0 Å². The van der Waals surface area contributed by atoms with E-state index in [9.17, 15) is 4.79 Å². The van der Waals surface area contributed by atoms with Crippen molar-refractivity contribution in [3.8, 4) is 0 Å². The van der Waals surface area contributed by atoms with Crippen LogP contribution < -0.4 is 4.90 Å². The van der Waals surface area contributed by atoms with Crippen LogP contribution in [0.15, 0.2) is 31.0 Å². The van der Waals surface area contributed by atoms with Gasteiger partial charge < -0.3 is 9.80 Å². The molecule has 7 nitrogen and oxygen atoms in total. The highest BCUT2D eigenvalue weighted by Gasteiger charge is 2.31. The minimum absolute atomic E-state index is 0.111. The highest BCUT2D eigenvalue weighted by molar-refractivity contribution is 5.81. The molecule has 22 heavy (non-hydrogen) atoms. The van der Waals surface area contributed by atoms with E-state index in [-0.39, 0.29) is 11.9 Å². The highest BCUT2D eigenvalue weighted by Crippen LogP contribution is 2.31. The van der Waals surface area contributed by atoms with E-state index < -0.39 is 0 Å². The number of aryl methyl sites for hydroxylation is 1. The lowest BCUT2D eigenvalue weighted by molar-refractivity contribution is -0.130. The number of amides is 1. The average molecular weight is 300 g/mol. The van der Waals surface area contributed by atoms with Crippen LogP contribution in [0.1, 0.15) is 24.4 Å². The predicted octanol–water partition coefficient (Wildman–Crippen LogP) is 1.01. The Morgan fingerprint density at radius 1 is 1.41 bits per heavy atom. The molecule has 1 saturated heterocycles. The second-order valence-electron chi connectivity index (χ2n) is 5.61. The predicted molar refractivity (Wildman–Crippen MR) is 82.2 cm³/mol. The van der Waals surface area contributed by atoms with E-state index in [0.717, 1.165) is 24.9 Å². The van der Waals surface area contributed by atoms with Gasteiger partial charge in [0.1, 0.15) is 5.82 Å². The summed E-state index contributed by atoms with van der Waals surface area (Å²) in [7, 11) is 3.75. The third-order valence-corrected chi connectivity index (χ3v) is 4.00. The molecule has 0 radical (unpaired) electrons. The van der Waals surface area contributed by atoms with E-state index in [1.807, 2.05) is 36.3 Å². The summed E-state index contributed by atoms with van der Waals surface area (Å²) in [4.78, 5) is 24.7. The average Bonchev–Trinajstić information content (AvgIpc) is 3.16. The second kappa shape index (κ2) is 6.13. The van der Waals surface area contributed by atoms with Gasteiger partial charge in [-0.15, -0.1) is 0 Å². The number of nitrogens with zero attached hydrogens (tertiary/aromatic N) is 6. The van der Waals surface area contributed by atoms with Gasteiger partial charge >= 0.3 is 0 Å². The molecule has 1 amide bonds. The molecule has 0 bridgehead atoms. The summed E-state index contributed by atoms with van der Waals surface area (Å²) in [5, 5.41) is 4.21. The summed E-state index contributed by atoms with van der Waals surface area (Å²) in [6, 6.07) is 0.136. The van der Waals surface area contributed by atoms with Crippen LogP contribution >= 0.6 is 0 Å². The molecule has 1 atom stereocenters. The van der Waals surface area contributed by atoms with Gasteiger partial charge in [-0.25, -0.2) is 4.98 Å². The Labute approximate surface area is 129 Å². The van der Waals surface area contributed by atoms with Crippen LogP contribution in [0, 0.1) is 0 Å².